The Morgan fingerprint density at radius 2 is 2.00 bits per heavy atom. The number of rotatable bonds is 5. The Labute approximate surface area is 137 Å². The fourth-order valence-corrected chi connectivity index (χ4v) is 5.55. The summed E-state index contributed by atoms with van der Waals surface area (Å²) in [6.45, 7) is 1.93. The minimum Gasteiger partial charge on any atom is -0.378 e. The molecule has 4 atom stereocenters. The summed E-state index contributed by atoms with van der Waals surface area (Å²) < 4.78 is 38.1. The molecule has 2 saturated heterocycles. The van der Waals surface area contributed by atoms with E-state index in [9.17, 15) is 8.42 Å². The third-order valence-electron chi connectivity index (χ3n) is 4.96. The zero-order valence-electron chi connectivity index (χ0n) is 13.3. The first-order valence-electron chi connectivity index (χ1n) is 7.92. The third kappa shape index (κ3) is 3.16. The van der Waals surface area contributed by atoms with Crippen LogP contribution < -0.4 is 5.73 Å². The fraction of sp³-hybridized carbons (Fsp3) is 0.625. The molecule has 7 heteroatoms. The molecule has 0 bridgehead atoms. The summed E-state index contributed by atoms with van der Waals surface area (Å²) >= 11 is 0. The van der Waals surface area contributed by atoms with Crippen LogP contribution in [-0.2, 0) is 19.5 Å². The van der Waals surface area contributed by atoms with Crippen molar-refractivity contribution < 1.29 is 17.9 Å². The molecule has 128 valence electrons. The summed E-state index contributed by atoms with van der Waals surface area (Å²) in [4.78, 5) is 0. The molecule has 0 spiro atoms. The highest BCUT2D eigenvalue weighted by Crippen LogP contribution is 2.35. The van der Waals surface area contributed by atoms with Gasteiger partial charge in [0.15, 0.2) is 0 Å². The number of methoxy groups -OCH3 is 1. The van der Waals surface area contributed by atoms with Gasteiger partial charge in [0.1, 0.15) is 11.4 Å². The van der Waals surface area contributed by atoms with E-state index in [1.165, 1.54) is 7.11 Å². The van der Waals surface area contributed by atoms with Crippen LogP contribution in [-0.4, -0.2) is 64.0 Å². The number of hydrogen-bond donors (Lipinski definition) is 1. The standard InChI is InChI=1S/C16H24N2O4S/c1-21-15-10-22-11-16(15)23(19,20)18-8-13(7-17)14(9-18)12-5-3-2-4-6-12/h2-6,13-16H,7-11,17H2,1H3/t13-,14+,15+,16-/m1/s1. The van der Waals surface area contributed by atoms with Gasteiger partial charge in [-0.2, -0.15) is 0 Å². The van der Waals surface area contributed by atoms with E-state index in [-0.39, 0.29) is 18.4 Å². The second kappa shape index (κ2) is 6.86. The van der Waals surface area contributed by atoms with Crippen LogP contribution in [0.15, 0.2) is 30.3 Å². The van der Waals surface area contributed by atoms with Crippen LogP contribution in [0.3, 0.4) is 0 Å². The summed E-state index contributed by atoms with van der Waals surface area (Å²) in [7, 11) is -1.93. The maximum absolute atomic E-state index is 13.0. The van der Waals surface area contributed by atoms with Gasteiger partial charge in [-0.25, -0.2) is 12.7 Å². The highest BCUT2D eigenvalue weighted by atomic mass is 32.2. The fourth-order valence-electron chi connectivity index (χ4n) is 3.56. The number of nitrogens with two attached hydrogens (primary N) is 1. The van der Waals surface area contributed by atoms with Crippen molar-refractivity contribution in [3.63, 3.8) is 0 Å². The highest BCUT2D eigenvalue weighted by molar-refractivity contribution is 7.89. The SMILES string of the molecule is CO[C@H]1COC[C@H]1S(=O)(=O)N1C[C@@H](CN)[C@H](c2ccccc2)C1. The van der Waals surface area contributed by atoms with Crippen LogP contribution in [0.5, 0.6) is 0 Å². The van der Waals surface area contributed by atoms with E-state index in [0.717, 1.165) is 5.56 Å². The zero-order valence-corrected chi connectivity index (χ0v) is 14.1. The lowest BCUT2D eigenvalue weighted by Crippen LogP contribution is -2.44. The van der Waals surface area contributed by atoms with Gasteiger partial charge in [0, 0.05) is 26.1 Å². The molecule has 2 aliphatic rings. The summed E-state index contributed by atoms with van der Waals surface area (Å²) in [6.07, 6.45) is -0.396. The van der Waals surface area contributed by atoms with Crippen LogP contribution in [0.2, 0.25) is 0 Å². The van der Waals surface area contributed by atoms with Crippen molar-refractivity contribution in [2.75, 3.05) is 40.0 Å². The van der Waals surface area contributed by atoms with E-state index in [4.69, 9.17) is 15.2 Å². The van der Waals surface area contributed by atoms with E-state index in [1.807, 2.05) is 30.3 Å². The first-order chi connectivity index (χ1) is 11.1. The number of benzene rings is 1. The Bertz CT molecular complexity index is 622. The summed E-state index contributed by atoms with van der Waals surface area (Å²) in [5.41, 5.74) is 7.05. The summed E-state index contributed by atoms with van der Waals surface area (Å²) in [6, 6.07) is 10.0. The average molecular weight is 340 g/mol. The van der Waals surface area contributed by atoms with Gasteiger partial charge in [-0.05, 0) is 18.0 Å². The normalized spacial score (nSPS) is 32.4. The number of hydrogen-bond acceptors (Lipinski definition) is 5. The molecule has 1 aromatic rings. The molecule has 2 heterocycles. The Balaban J connectivity index is 1.81. The maximum Gasteiger partial charge on any atom is 0.221 e. The maximum atomic E-state index is 13.0. The van der Waals surface area contributed by atoms with E-state index in [1.54, 1.807) is 4.31 Å². The molecule has 1 aromatic carbocycles. The smallest absolute Gasteiger partial charge is 0.221 e. The Kier molecular flexibility index (Phi) is 5.03. The van der Waals surface area contributed by atoms with E-state index in [0.29, 0.717) is 26.2 Å². The van der Waals surface area contributed by atoms with Gasteiger partial charge in [-0.3, -0.25) is 0 Å². The minimum absolute atomic E-state index is 0.135. The second-order valence-corrected chi connectivity index (χ2v) is 8.38. The van der Waals surface area contributed by atoms with Gasteiger partial charge in [-0.15, -0.1) is 0 Å². The molecule has 2 fully saturated rings. The van der Waals surface area contributed by atoms with Crippen molar-refractivity contribution in [1.29, 1.82) is 0 Å². The first kappa shape index (κ1) is 16.9. The lowest BCUT2D eigenvalue weighted by molar-refractivity contribution is 0.0825. The van der Waals surface area contributed by atoms with Crippen LogP contribution >= 0.6 is 0 Å². The van der Waals surface area contributed by atoms with Crippen LogP contribution in [0.25, 0.3) is 0 Å². The minimum atomic E-state index is -3.46. The van der Waals surface area contributed by atoms with E-state index >= 15 is 0 Å². The van der Waals surface area contributed by atoms with Crippen molar-refractivity contribution in [2.24, 2.45) is 11.7 Å². The number of sulfonamides is 1. The largest absolute Gasteiger partial charge is 0.378 e. The molecule has 0 aromatic heterocycles. The van der Waals surface area contributed by atoms with Gasteiger partial charge in [-0.1, -0.05) is 30.3 Å². The van der Waals surface area contributed by atoms with Crippen molar-refractivity contribution in [3.8, 4) is 0 Å². The first-order valence-corrected chi connectivity index (χ1v) is 9.42. The van der Waals surface area contributed by atoms with Gasteiger partial charge in [0.2, 0.25) is 10.0 Å². The molecule has 6 nitrogen and oxygen atoms in total. The van der Waals surface area contributed by atoms with Crippen molar-refractivity contribution in [3.05, 3.63) is 35.9 Å². The lowest BCUT2D eigenvalue weighted by Gasteiger charge is -2.23. The molecule has 3 rings (SSSR count). The predicted molar refractivity (Wildman–Crippen MR) is 87.6 cm³/mol. The molecular formula is C16H24N2O4S. The monoisotopic (exact) mass is 340 g/mol. The molecular weight excluding hydrogens is 316 g/mol. The molecule has 0 radical (unpaired) electrons. The quantitative estimate of drug-likeness (QED) is 0.839. The molecule has 23 heavy (non-hydrogen) atoms. The van der Waals surface area contributed by atoms with Crippen LogP contribution in [0, 0.1) is 5.92 Å². The van der Waals surface area contributed by atoms with E-state index < -0.39 is 21.4 Å². The molecule has 2 N–H and O–H groups in total. The number of nitrogens with zero attached hydrogens (tertiary/aromatic N) is 1. The predicted octanol–water partition coefficient (Wildman–Crippen LogP) is 0.404. The van der Waals surface area contributed by atoms with Crippen molar-refractivity contribution >= 4 is 10.0 Å². The van der Waals surface area contributed by atoms with Gasteiger partial charge >= 0.3 is 0 Å². The Morgan fingerprint density at radius 3 is 2.65 bits per heavy atom. The third-order valence-corrected chi connectivity index (χ3v) is 7.18. The summed E-state index contributed by atoms with van der Waals surface area (Å²) in [5.74, 6) is 0.273. The van der Waals surface area contributed by atoms with Gasteiger partial charge in [0.25, 0.3) is 0 Å². The van der Waals surface area contributed by atoms with Crippen molar-refractivity contribution in [2.45, 2.75) is 17.3 Å². The van der Waals surface area contributed by atoms with E-state index in [2.05, 4.69) is 0 Å². The molecule has 0 saturated carbocycles. The van der Waals surface area contributed by atoms with Crippen LogP contribution in [0.1, 0.15) is 11.5 Å². The molecule has 0 unspecified atom stereocenters. The summed E-state index contributed by atoms with van der Waals surface area (Å²) in [5, 5.41) is -0.625. The zero-order chi connectivity index (χ0) is 16.4. The topological polar surface area (TPSA) is 81.9 Å². The molecule has 2 aliphatic heterocycles. The highest BCUT2D eigenvalue weighted by Gasteiger charge is 2.46. The van der Waals surface area contributed by atoms with Crippen molar-refractivity contribution in [1.82, 2.24) is 4.31 Å². The number of ether oxygens (including phenoxy) is 2. The second-order valence-electron chi connectivity index (χ2n) is 6.22. The van der Waals surface area contributed by atoms with Gasteiger partial charge < -0.3 is 15.2 Å². The van der Waals surface area contributed by atoms with Gasteiger partial charge in [0.05, 0.1) is 13.2 Å². The lowest BCUT2D eigenvalue weighted by atomic mass is 9.89. The Morgan fingerprint density at radius 1 is 1.26 bits per heavy atom. The average Bonchev–Trinajstić information content (AvgIpc) is 3.22. The van der Waals surface area contributed by atoms with Crippen LogP contribution in [0.4, 0.5) is 0 Å². The molecule has 0 amide bonds. The Hall–Kier alpha value is -0.990. The molecule has 0 aliphatic carbocycles.